The SMILES string of the molecule is COC(=O)C1=CC[C@@H]2C=C[C@H]1CN2C(=O)Oc1ccccc1. The van der Waals surface area contributed by atoms with Crippen molar-refractivity contribution in [3.05, 3.63) is 54.1 Å². The number of carbonyl (C=O) groups is 2. The number of nitrogens with zero attached hydrogens (tertiary/aromatic N) is 1. The van der Waals surface area contributed by atoms with Gasteiger partial charge in [-0.1, -0.05) is 36.4 Å². The third-order valence-electron chi connectivity index (χ3n) is 3.94. The topological polar surface area (TPSA) is 55.8 Å². The molecule has 0 N–H and O–H groups in total. The van der Waals surface area contributed by atoms with Crippen molar-refractivity contribution < 1.29 is 19.1 Å². The molecule has 1 amide bonds. The van der Waals surface area contributed by atoms with Crippen molar-refractivity contribution in [3.63, 3.8) is 0 Å². The second-order valence-corrected chi connectivity index (χ2v) is 5.28. The summed E-state index contributed by atoms with van der Waals surface area (Å²) in [4.78, 5) is 25.9. The smallest absolute Gasteiger partial charge is 0.415 e. The van der Waals surface area contributed by atoms with Crippen LogP contribution < -0.4 is 4.74 Å². The van der Waals surface area contributed by atoms with E-state index >= 15 is 0 Å². The molecule has 5 nitrogen and oxygen atoms in total. The normalized spacial score (nSPS) is 22.8. The lowest BCUT2D eigenvalue weighted by Crippen LogP contribution is -2.45. The number of fused-ring (bicyclic) bond motifs is 2. The van der Waals surface area contributed by atoms with Gasteiger partial charge in [0.05, 0.1) is 13.2 Å². The Bertz CT molecular complexity index is 635. The number of para-hydroxylation sites is 1. The number of hydrogen-bond donors (Lipinski definition) is 0. The van der Waals surface area contributed by atoms with Crippen LogP contribution in [0.1, 0.15) is 6.42 Å². The molecule has 114 valence electrons. The zero-order valence-electron chi connectivity index (χ0n) is 12.3. The maximum absolute atomic E-state index is 12.4. The summed E-state index contributed by atoms with van der Waals surface area (Å²) in [6, 6.07) is 8.88. The summed E-state index contributed by atoms with van der Waals surface area (Å²) in [7, 11) is 1.37. The third kappa shape index (κ3) is 2.74. The van der Waals surface area contributed by atoms with E-state index in [9.17, 15) is 9.59 Å². The van der Waals surface area contributed by atoms with Gasteiger partial charge in [-0.2, -0.15) is 0 Å². The molecule has 2 heterocycles. The van der Waals surface area contributed by atoms with Crippen molar-refractivity contribution in [1.29, 1.82) is 0 Å². The van der Waals surface area contributed by atoms with Crippen LogP contribution in [0.5, 0.6) is 5.75 Å². The molecule has 22 heavy (non-hydrogen) atoms. The van der Waals surface area contributed by atoms with E-state index in [1.807, 2.05) is 36.4 Å². The van der Waals surface area contributed by atoms with Crippen LogP contribution in [0, 0.1) is 5.92 Å². The van der Waals surface area contributed by atoms with Gasteiger partial charge in [-0.15, -0.1) is 0 Å². The minimum absolute atomic E-state index is 0.0883. The van der Waals surface area contributed by atoms with Crippen LogP contribution in [-0.4, -0.2) is 36.7 Å². The quantitative estimate of drug-likeness (QED) is 0.622. The minimum Gasteiger partial charge on any atom is -0.466 e. The Balaban J connectivity index is 1.74. The first-order chi connectivity index (χ1) is 10.7. The molecule has 0 saturated heterocycles. The van der Waals surface area contributed by atoms with Gasteiger partial charge in [-0.25, -0.2) is 9.59 Å². The van der Waals surface area contributed by atoms with Crippen molar-refractivity contribution in [1.82, 2.24) is 4.90 Å². The highest BCUT2D eigenvalue weighted by Crippen LogP contribution is 2.30. The molecule has 3 aliphatic rings. The molecule has 2 aliphatic heterocycles. The molecule has 2 atom stereocenters. The number of carbonyl (C=O) groups excluding carboxylic acids is 2. The number of benzene rings is 1. The first-order valence-corrected chi connectivity index (χ1v) is 7.19. The molecule has 0 spiro atoms. The molecule has 4 rings (SSSR count). The average Bonchev–Trinajstić information content (AvgIpc) is 2.87. The monoisotopic (exact) mass is 299 g/mol. The average molecular weight is 299 g/mol. The molecule has 1 aromatic rings. The molecule has 1 aliphatic carbocycles. The van der Waals surface area contributed by atoms with Crippen molar-refractivity contribution in [2.24, 2.45) is 5.92 Å². The van der Waals surface area contributed by atoms with Crippen molar-refractivity contribution in [2.75, 3.05) is 13.7 Å². The van der Waals surface area contributed by atoms with Gasteiger partial charge >= 0.3 is 12.1 Å². The van der Waals surface area contributed by atoms with Gasteiger partial charge in [0.1, 0.15) is 5.75 Å². The summed E-state index contributed by atoms with van der Waals surface area (Å²) < 4.78 is 10.2. The molecule has 1 aromatic carbocycles. The highest BCUT2D eigenvalue weighted by Gasteiger charge is 2.35. The lowest BCUT2D eigenvalue weighted by Gasteiger charge is -2.32. The van der Waals surface area contributed by atoms with Gasteiger partial charge in [0.15, 0.2) is 0 Å². The van der Waals surface area contributed by atoms with Crippen molar-refractivity contribution in [2.45, 2.75) is 12.5 Å². The van der Waals surface area contributed by atoms with Crippen molar-refractivity contribution >= 4 is 12.1 Å². The number of rotatable bonds is 2. The lowest BCUT2D eigenvalue weighted by molar-refractivity contribution is -0.136. The predicted octanol–water partition coefficient (Wildman–Crippen LogP) is 2.55. The summed E-state index contributed by atoms with van der Waals surface area (Å²) in [6.45, 7) is 0.424. The van der Waals surface area contributed by atoms with Crippen LogP contribution in [0.4, 0.5) is 4.79 Å². The molecule has 5 heteroatoms. The van der Waals surface area contributed by atoms with E-state index in [0.29, 0.717) is 24.3 Å². The van der Waals surface area contributed by atoms with Crippen LogP contribution >= 0.6 is 0 Å². The largest absolute Gasteiger partial charge is 0.466 e. The standard InChI is InChI=1S/C17H17NO4/c1-21-16(19)15-10-9-13-8-7-12(15)11-18(13)17(20)22-14-5-3-2-4-6-14/h2-8,10,12-13H,9,11H2,1H3/t12-,13-/m0/s1. The Hall–Kier alpha value is -2.56. The molecular weight excluding hydrogens is 282 g/mol. The van der Waals surface area contributed by atoms with Gasteiger partial charge in [-0.05, 0) is 18.6 Å². The lowest BCUT2D eigenvalue weighted by atomic mass is 9.97. The predicted molar refractivity (Wildman–Crippen MR) is 80.3 cm³/mol. The molecule has 0 fully saturated rings. The molecule has 2 bridgehead atoms. The summed E-state index contributed by atoms with van der Waals surface area (Å²) in [5.41, 5.74) is 0.608. The van der Waals surface area contributed by atoms with Crippen LogP contribution in [0.3, 0.4) is 0 Å². The zero-order valence-corrected chi connectivity index (χ0v) is 12.3. The molecule has 0 saturated carbocycles. The molecule has 0 radical (unpaired) electrons. The van der Waals surface area contributed by atoms with Crippen LogP contribution in [0.2, 0.25) is 0 Å². The van der Waals surface area contributed by atoms with Gasteiger partial charge in [-0.3, -0.25) is 0 Å². The van der Waals surface area contributed by atoms with E-state index in [1.54, 1.807) is 17.0 Å². The summed E-state index contributed by atoms with van der Waals surface area (Å²) in [5, 5.41) is 0. The highest BCUT2D eigenvalue weighted by atomic mass is 16.6. The van der Waals surface area contributed by atoms with Gasteiger partial charge < -0.3 is 14.4 Å². The van der Waals surface area contributed by atoms with Gasteiger partial charge in [0, 0.05) is 18.0 Å². The number of hydrogen-bond acceptors (Lipinski definition) is 4. The summed E-state index contributed by atoms with van der Waals surface area (Å²) in [5.74, 6) is 0.0286. The first kappa shape index (κ1) is 14.4. The molecule has 0 aromatic heterocycles. The van der Waals surface area contributed by atoms with Crippen LogP contribution in [0.15, 0.2) is 54.1 Å². The summed E-state index contributed by atoms with van der Waals surface area (Å²) >= 11 is 0. The fraction of sp³-hybridized carbons (Fsp3) is 0.294. The van der Waals surface area contributed by atoms with Crippen LogP contribution in [-0.2, 0) is 9.53 Å². The fourth-order valence-electron chi connectivity index (χ4n) is 2.79. The van der Waals surface area contributed by atoms with Crippen LogP contribution in [0.25, 0.3) is 0 Å². The number of amides is 1. The van der Waals surface area contributed by atoms with E-state index in [2.05, 4.69) is 0 Å². The highest BCUT2D eigenvalue weighted by molar-refractivity contribution is 5.90. The Labute approximate surface area is 128 Å². The van der Waals surface area contributed by atoms with E-state index in [-0.39, 0.29) is 17.9 Å². The second-order valence-electron chi connectivity index (χ2n) is 5.28. The Kier molecular flexibility index (Phi) is 3.96. The third-order valence-corrected chi connectivity index (χ3v) is 3.94. The fourth-order valence-corrected chi connectivity index (χ4v) is 2.79. The van der Waals surface area contributed by atoms with E-state index < -0.39 is 6.09 Å². The minimum atomic E-state index is -0.398. The molecular formula is C17H17NO4. The number of methoxy groups -OCH3 is 1. The van der Waals surface area contributed by atoms with E-state index in [0.717, 1.165) is 0 Å². The summed E-state index contributed by atoms with van der Waals surface area (Å²) in [6.07, 6.45) is 5.96. The van der Waals surface area contributed by atoms with E-state index in [4.69, 9.17) is 9.47 Å². The Morgan fingerprint density at radius 1 is 1.18 bits per heavy atom. The van der Waals surface area contributed by atoms with Gasteiger partial charge in [0.25, 0.3) is 0 Å². The molecule has 0 unspecified atom stereocenters. The second kappa shape index (κ2) is 6.05. The number of ether oxygens (including phenoxy) is 2. The zero-order chi connectivity index (χ0) is 15.5. The Morgan fingerprint density at radius 2 is 1.95 bits per heavy atom. The van der Waals surface area contributed by atoms with Gasteiger partial charge in [0.2, 0.25) is 0 Å². The Morgan fingerprint density at radius 3 is 2.68 bits per heavy atom. The van der Waals surface area contributed by atoms with Crippen molar-refractivity contribution in [3.8, 4) is 5.75 Å². The first-order valence-electron chi connectivity index (χ1n) is 7.19. The maximum Gasteiger partial charge on any atom is 0.415 e. The van der Waals surface area contributed by atoms with E-state index in [1.165, 1.54) is 7.11 Å². The number of esters is 1. The maximum atomic E-state index is 12.4.